The molecule has 2 heterocycles. The van der Waals surface area contributed by atoms with Crippen molar-refractivity contribution in [2.75, 3.05) is 13.7 Å². The molecule has 0 spiro atoms. The summed E-state index contributed by atoms with van der Waals surface area (Å²) in [6, 6.07) is 28.0. The molecule has 0 saturated heterocycles. The Morgan fingerprint density at radius 1 is 0.935 bits per heavy atom. The van der Waals surface area contributed by atoms with Crippen molar-refractivity contribution in [3.05, 3.63) is 107 Å². The summed E-state index contributed by atoms with van der Waals surface area (Å²) in [5.74, 6) is 0.779. The number of fused-ring (bicyclic) bond motifs is 1. The first kappa shape index (κ1) is 19.1. The molecule has 0 fully saturated rings. The van der Waals surface area contributed by atoms with Crippen LogP contribution in [0.1, 0.15) is 33.2 Å². The zero-order chi connectivity index (χ0) is 21.2. The van der Waals surface area contributed by atoms with Gasteiger partial charge in [0.05, 0.1) is 18.8 Å². The predicted octanol–water partition coefficient (Wildman–Crippen LogP) is 4.87. The van der Waals surface area contributed by atoms with Crippen molar-refractivity contribution in [3.8, 4) is 17.0 Å². The number of benzene rings is 3. The Labute approximate surface area is 181 Å². The summed E-state index contributed by atoms with van der Waals surface area (Å²) in [7, 11) is 1.65. The molecule has 5 rings (SSSR count). The van der Waals surface area contributed by atoms with Gasteiger partial charge in [0.25, 0.3) is 5.91 Å². The number of nitrogens with one attached hydrogen (secondary N) is 1. The minimum absolute atomic E-state index is 0.0126. The van der Waals surface area contributed by atoms with Crippen molar-refractivity contribution in [1.82, 2.24) is 15.1 Å². The highest BCUT2D eigenvalue weighted by molar-refractivity contribution is 6.00. The van der Waals surface area contributed by atoms with E-state index < -0.39 is 0 Å². The van der Waals surface area contributed by atoms with Crippen LogP contribution in [0.15, 0.2) is 84.9 Å². The summed E-state index contributed by atoms with van der Waals surface area (Å²) >= 11 is 0. The fourth-order valence-corrected chi connectivity index (χ4v) is 4.27. The van der Waals surface area contributed by atoms with E-state index in [1.807, 2.05) is 77.7 Å². The van der Waals surface area contributed by atoms with Crippen LogP contribution in [0.25, 0.3) is 11.3 Å². The Balaban J connectivity index is 1.57. The van der Waals surface area contributed by atoms with E-state index in [9.17, 15) is 4.79 Å². The standard InChI is InChI=1S/C26H23N3O2/c1-31-21-14-12-20(13-15-21)25-22-23(19-10-6-3-7-11-19)27-28-24(22)26(30)29(25)17-16-18-8-4-2-5-9-18/h2-15,25H,16-17H2,1H3,(H,27,28). The molecule has 0 bridgehead atoms. The largest absolute Gasteiger partial charge is 0.497 e. The summed E-state index contributed by atoms with van der Waals surface area (Å²) in [6.07, 6.45) is 0.789. The topological polar surface area (TPSA) is 58.2 Å². The van der Waals surface area contributed by atoms with Crippen LogP contribution in [0.3, 0.4) is 0 Å². The van der Waals surface area contributed by atoms with E-state index in [2.05, 4.69) is 22.3 Å². The van der Waals surface area contributed by atoms with Crippen LogP contribution in [0.2, 0.25) is 0 Å². The molecule has 154 valence electrons. The van der Waals surface area contributed by atoms with Gasteiger partial charge in [-0.1, -0.05) is 72.8 Å². The first-order chi connectivity index (χ1) is 15.3. The van der Waals surface area contributed by atoms with Gasteiger partial charge in [0.15, 0.2) is 0 Å². The molecule has 1 aliphatic rings. The van der Waals surface area contributed by atoms with Crippen LogP contribution in [0, 0.1) is 0 Å². The lowest BCUT2D eigenvalue weighted by Gasteiger charge is -2.26. The van der Waals surface area contributed by atoms with Crippen LogP contribution in [0.4, 0.5) is 0 Å². The third-order valence-electron chi connectivity index (χ3n) is 5.83. The highest BCUT2D eigenvalue weighted by Gasteiger charge is 2.41. The molecule has 4 aromatic rings. The number of rotatable bonds is 6. The molecule has 0 saturated carbocycles. The molecule has 1 amide bonds. The Kier molecular flexibility index (Phi) is 5.00. The van der Waals surface area contributed by atoms with E-state index in [0.29, 0.717) is 12.2 Å². The van der Waals surface area contributed by atoms with Crippen LogP contribution in [0.5, 0.6) is 5.75 Å². The van der Waals surface area contributed by atoms with E-state index in [4.69, 9.17) is 4.74 Å². The highest BCUT2D eigenvalue weighted by atomic mass is 16.5. The van der Waals surface area contributed by atoms with E-state index in [1.165, 1.54) is 5.56 Å². The summed E-state index contributed by atoms with van der Waals surface area (Å²) in [4.78, 5) is 15.3. The molecule has 0 aliphatic carbocycles. The number of carbonyl (C=O) groups is 1. The molecule has 1 unspecified atom stereocenters. The van der Waals surface area contributed by atoms with Crippen LogP contribution >= 0.6 is 0 Å². The molecule has 1 atom stereocenters. The van der Waals surface area contributed by atoms with Gasteiger partial charge in [-0.15, -0.1) is 0 Å². The van der Waals surface area contributed by atoms with Gasteiger partial charge in [0.2, 0.25) is 0 Å². The smallest absolute Gasteiger partial charge is 0.273 e. The summed E-state index contributed by atoms with van der Waals surface area (Å²) in [5.41, 5.74) is 5.59. The van der Waals surface area contributed by atoms with Gasteiger partial charge in [0.1, 0.15) is 11.4 Å². The molecule has 5 nitrogen and oxygen atoms in total. The minimum atomic E-state index is -0.203. The fraction of sp³-hybridized carbons (Fsp3) is 0.154. The SMILES string of the molecule is COc1ccc(C2c3c(-c4ccccc4)n[nH]c3C(=O)N2CCc2ccccc2)cc1. The van der Waals surface area contributed by atoms with Gasteiger partial charge in [-0.25, -0.2) is 0 Å². The lowest BCUT2D eigenvalue weighted by molar-refractivity contribution is 0.0746. The number of ether oxygens (including phenoxy) is 1. The summed E-state index contributed by atoms with van der Waals surface area (Å²) in [6.45, 7) is 0.621. The number of hydrogen-bond acceptors (Lipinski definition) is 3. The molecule has 5 heteroatoms. The lowest BCUT2D eigenvalue weighted by Crippen LogP contribution is -2.31. The third kappa shape index (κ3) is 3.48. The highest BCUT2D eigenvalue weighted by Crippen LogP contribution is 2.43. The van der Waals surface area contributed by atoms with Crippen molar-refractivity contribution < 1.29 is 9.53 Å². The van der Waals surface area contributed by atoms with Crippen molar-refractivity contribution in [2.24, 2.45) is 0 Å². The average Bonchev–Trinajstić information content (AvgIpc) is 3.38. The monoisotopic (exact) mass is 409 g/mol. The number of carbonyl (C=O) groups excluding carboxylic acids is 1. The zero-order valence-electron chi connectivity index (χ0n) is 17.3. The second-order valence-corrected chi connectivity index (χ2v) is 7.64. The number of aromatic nitrogens is 2. The van der Waals surface area contributed by atoms with Gasteiger partial charge in [-0.2, -0.15) is 5.10 Å². The number of aromatic amines is 1. The first-order valence-corrected chi connectivity index (χ1v) is 10.4. The maximum absolute atomic E-state index is 13.4. The van der Waals surface area contributed by atoms with E-state index >= 15 is 0 Å². The van der Waals surface area contributed by atoms with E-state index in [-0.39, 0.29) is 11.9 Å². The van der Waals surface area contributed by atoms with Crippen molar-refractivity contribution in [2.45, 2.75) is 12.5 Å². The van der Waals surface area contributed by atoms with Crippen molar-refractivity contribution >= 4 is 5.91 Å². The Morgan fingerprint density at radius 2 is 1.61 bits per heavy atom. The molecule has 3 aromatic carbocycles. The Bertz CT molecular complexity index is 1180. The predicted molar refractivity (Wildman–Crippen MR) is 120 cm³/mol. The van der Waals surface area contributed by atoms with E-state index in [0.717, 1.165) is 34.6 Å². The molecule has 1 N–H and O–H groups in total. The molecular formula is C26H23N3O2. The van der Waals surface area contributed by atoms with Gasteiger partial charge in [-0.3, -0.25) is 9.89 Å². The van der Waals surface area contributed by atoms with Gasteiger partial charge in [0, 0.05) is 17.7 Å². The number of amides is 1. The third-order valence-corrected chi connectivity index (χ3v) is 5.83. The summed E-state index contributed by atoms with van der Waals surface area (Å²) < 4.78 is 5.33. The molecule has 0 radical (unpaired) electrons. The summed E-state index contributed by atoms with van der Waals surface area (Å²) in [5, 5.41) is 7.54. The normalized spacial score (nSPS) is 15.2. The molecular weight excluding hydrogens is 386 g/mol. The lowest BCUT2D eigenvalue weighted by atomic mass is 9.96. The molecule has 31 heavy (non-hydrogen) atoms. The number of H-pyrrole nitrogens is 1. The number of nitrogens with zero attached hydrogens (tertiary/aromatic N) is 2. The second-order valence-electron chi connectivity index (χ2n) is 7.64. The van der Waals surface area contributed by atoms with E-state index in [1.54, 1.807) is 7.11 Å². The second kappa shape index (κ2) is 8.11. The molecule has 1 aromatic heterocycles. The zero-order valence-corrected chi connectivity index (χ0v) is 17.3. The minimum Gasteiger partial charge on any atom is -0.497 e. The average molecular weight is 409 g/mol. The van der Waals surface area contributed by atoms with Gasteiger partial charge >= 0.3 is 0 Å². The van der Waals surface area contributed by atoms with Crippen LogP contribution < -0.4 is 4.74 Å². The van der Waals surface area contributed by atoms with Crippen LogP contribution in [-0.4, -0.2) is 34.7 Å². The number of hydrogen-bond donors (Lipinski definition) is 1. The molecule has 1 aliphatic heterocycles. The van der Waals surface area contributed by atoms with Crippen molar-refractivity contribution in [3.63, 3.8) is 0 Å². The van der Waals surface area contributed by atoms with Gasteiger partial charge in [-0.05, 0) is 29.7 Å². The van der Waals surface area contributed by atoms with Gasteiger partial charge < -0.3 is 9.64 Å². The van der Waals surface area contributed by atoms with Crippen molar-refractivity contribution in [1.29, 1.82) is 0 Å². The quantitative estimate of drug-likeness (QED) is 0.494. The maximum Gasteiger partial charge on any atom is 0.273 e. The Hall–Kier alpha value is -3.86. The number of methoxy groups -OCH3 is 1. The van der Waals surface area contributed by atoms with Crippen LogP contribution in [-0.2, 0) is 6.42 Å². The first-order valence-electron chi connectivity index (χ1n) is 10.4. The maximum atomic E-state index is 13.4. The fourth-order valence-electron chi connectivity index (χ4n) is 4.27. The Morgan fingerprint density at radius 3 is 2.29 bits per heavy atom.